The first-order chi connectivity index (χ1) is 10.6. The van der Waals surface area contributed by atoms with Crippen LogP contribution in [0.4, 0.5) is 0 Å². The fraction of sp³-hybridized carbons (Fsp3) is 0.588. The number of phenols is 1. The average molecular weight is 305 g/mol. The Kier molecular flexibility index (Phi) is 4.36. The van der Waals surface area contributed by atoms with E-state index in [0.717, 1.165) is 39.0 Å². The highest BCUT2D eigenvalue weighted by molar-refractivity contribution is 5.94. The summed E-state index contributed by atoms with van der Waals surface area (Å²) in [6, 6.07) is 6.43. The molecular formula is C17H23NO4. The minimum Gasteiger partial charge on any atom is -0.508 e. The van der Waals surface area contributed by atoms with Gasteiger partial charge in [0.2, 0.25) is 0 Å². The molecule has 2 atom stereocenters. The van der Waals surface area contributed by atoms with Crippen molar-refractivity contribution >= 4 is 5.91 Å². The monoisotopic (exact) mass is 305 g/mol. The van der Waals surface area contributed by atoms with Gasteiger partial charge in [-0.05, 0) is 49.4 Å². The topological polar surface area (TPSA) is 59.0 Å². The average Bonchev–Trinajstić information content (AvgIpc) is 3.13. The smallest absolute Gasteiger partial charge is 0.253 e. The Morgan fingerprint density at radius 1 is 1.45 bits per heavy atom. The first-order valence-electron chi connectivity index (χ1n) is 7.83. The lowest BCUT2D eigenvalue weighted by molar-refractivity contribution is 0.0113. The van der Waals surface area contributed by atoms with Crippen LogP contribution in [0.5, 0.6) is 5.75 Å². The summed E-state index contributed by atoms with van der Waals surface area (Å²) >= 11 is 0. The Bertz CT molecular complexity index is 530. The maximum Gasteiger partial charge on any atom is 0.253 e. The third-order valence-corrected chi connectivity index (χ3v) is 4.73. The molecule has 0 aromatic heterocycles. The Hall–Kier alpha value is -1.59. The molecule has 2 aliphatic heterocycles. The molecule has 1 N–H and O–H groups in total. The fourth-order valence-electron chi connectivity index (χ4n) is 3.50. The lowest BCUT2D eigenvalue weighted by atomic mass is 9.92. The second kappa shape index (κ2) is 6.26. The van der Waals surface area contributed by atoms with E-state index in [4.69, 9.17) is 9.47 Å². The van der Waals surface area contributed by atoms with Crippen molar-refractivity contribution in [2.45, 2.75) is 24.9 Å². The number of methoxy groups -OCH3 is 1. The molecule has 5 heteroatoms. The molecule has 2 fully saturated rings. The number of benzene rings is 1. The molecule has 3 rings (SSSR count). The van der Waals surface area contributed by atoms with Gasteiger partial charge >= 0.3 is 0 Å². The van der Waals surface area contributed by atoms with Crippen LogP contribution < -0.4 is 0 Å². The highest BCUT2D eigenvalue weighted by Crippen LogP contribution is 2.39. The summed E-state index contributed by atoms with van der Waals surface area (Å²) in [4.78, 5) is 14.4. The van der Waals surface area contributed by atoms with Crippen LogP contribution in [0, 0.1) is 5.92 Å². The fourth-order valence-corrected chi connectivity index (χ4v) is 3.50. The lowest BCUT2D eigenvalue weighted by Gasteiger charge is -2.23. The molecule has 0 saturated carbocycles. The molecule has 2 heterocycles. The predicted octanol–water partition coefficient (Wildman–Crippen LogP) is 2.05. The normalized spacial score (nSPS) is 27.7. The summed E-state index contributed by atoms with van der Waals surface area (Å²) in [6.45, 7) is 2.93. The van der Waals surface area contributed by atoms with Crippen LogP contribution in [0.25, 0.3) is 0 Å². The molecule has 5 nitrogen and oxygen atoms in total. The van der Waals surface area contributed by atoms with Gasteiger partial charge in [0, 0.05) is 25.8 Å². The quantitative estimate of drug-likeness (QED) is 0.925. The standard InChI is InChI=1S/C17H23NO4/c1-21-9-6-13-10-17(22-11-13)7-8-18(12-17)16(20)14-2-4-15(19)5-3-14/h2-5,13,19H,6-12H2,1H3/t13-,17-/m0/s1. The van der Waals surface area contributed by atoms with Crippen molar-refractivity contribution < 1.29 is 19.4 Å². The second-order valence-corrected chi connectivity index (χ2v) is 6.37. The minimum absolute atomic E-state index is 0.0146. The third-order valence-electron chi connectivity index (χ3n) is 4.73. The van der Waals surface area contributed by atoms with E-state index >= 15 is 0 Å². The summed E-state index contributed by atoms with van der Waals surface area (Å²) in [5.41, 5.74) is 0.453. The van der Waals surface area contributed by atoms with Gasteiger partial charge in [-0.1, -0.05) is 0 Å². The van der Waals surface area contributed by atoms with E-state index in [1.807, 2.05) is 4.90 Å². The van der Waals surface area contributed by atoms with Crippen LogP contribution in [0.2, 0.25) is 0 Å². The predicted molar refractivity (Wildman–Crippen MR) is 81.9 cm³/mol. The maximum absolute atomic E-state index is 12.5. The zero-order valence-electron chi connectivity index (χ0n) is 13.0. The van der Waals surface area contributed by atoms with Crippen molar-refractivity contribution in [3.05, 3.63) is 29.8 Å². The number of rotatable bonds is 4. The Morgan fingerprint density at radius 3 is 2.95 bits per heavy atom. The van der Waals surface area contributed by atoms with Crippen LogP contribution in [0.3, 0.4) is 0 Å². The molecule has 0 radical (unpaired) electrons. The number of hydrogen-bond donors (Lipinski definition) is 1. The highest BCUT2D eigenvalue weighted by atomic mass is 16.5. The molecule has 1 aromatic carbocycles. The van der Waals surface area contributed by atoms with Crippen molar-refractivity contribution in [1.82, 2.24) is 4.90 Å². The summed E-state index contributed by atoms with van der Waals surface area (Å²) in [5.74, 6) is 0.721. The molecule has 22 heavy (non-hydrogen) atoms. The molecule has 1 spiro atoms. The summed E-state index contributed by atoms with van der Waals surface area (Å²) in [6.07, 6.45) is 2.93. The van der Waals surface area contributed by atoms with E-state index in [0.29, 0.717) is 18.0 Å². The number of ether oxygens (including phenoxy) is 2. The van der Waals surface area contributed by atoms with Gasteiger partial charge in [-0.2, -0.15) is 0 Å². The van der Waals surface area contributed by atoms with Crippen LogP contribution in [-0.4, -0.2) is 54.9 Å². The number of phenolic OH excluding ortho intramolecular Hbond substituents is 1. The maximum atomic E-state index is 12.5. The first-order valence-corrected chi connectivity index (χ1v) is 7.83. The minimum atomic E-state index is -0.162. The highest BCUT2D eigenvalue weighted by Gasteiger charge is 2.46. The molecule has 2 aliphatic rings. The number of amides is 1. The van der Waals surface area contributed by atoms with E-state index in [-0.39, 0.29) is 17.3 Å². The van der Waals surface area contributed by atoms with Crippen LogP contribution in [-0.2, 0) is 9.47 Å². The van der Waals surface area contributed by atoms with Crippen molar-refractivity contribution in [3.8, 4) is 5.75 Å². The third kappa shape index (κ3) is 3.10. The number of hydrogen-bond acceptors (Lipinski definition) is 4. The van der Waals surface area contributed by atoms with Gasteiger partial charge in [0.05, 0.1) is 18.8 Å². The number of aromatic hydroxyl groups is 1. The molecule has 0 unspecified atom stereocenters. The van der Waals surface area contributed by atoms with Gasteiger partial charge in [0.25, 0.3) is 5.91 Å². The van der Waals surface area contributed by atoms with Crippen molar-refractivity contribution in [2.75, 3.05) is 33.4 Å². The zero-order valence-corrected chi connectivity index (χ0v) is 13.0. The van der Waals surface area contributed by atoms with E-state index in [1.54, 1.807) is 31.4 Å². The lowest BCUT2D eigenvalue weighted by Crippen LogP contribution is -2.35. The van der Waals surface area contributed by atoms with Gasteiger partial charge in [-0.3, -0.25) is 4.79 Å². The van der Waals surface area contributed by atoms with Gasteiger partial charge < -0.3 is 19.5 Å². The summed E-state index contributed by atoms with van der Waals surface area (Å²) in [7, 11) is 1.72. The first kappa shape index (κ1) is 15.3. The second-order valence-electron chi connectivity index (χ2n) is 6.37. The molecule has 1 aromatic rings. The number of carbonyl (C=O) groups is 1. The van der Waals surface area contributed by atoms with Gasteiger partial charge in [-0.15, -0.1) is 0 Å². The number of carbonyl (C=O) groups excluding carboxylic acids is 1. The van der Waals surface area contributed by atoms with Gasteiger partial charge in [0.1, 0.15) is 5.75 Å². The molecule has 2 saturated heterocycles. The van der Waals surface area contributed by atoms with Crippen LogP contribution in [0.1, 0.15) is 29.6 Å². The Morgan fingerprint density at radius 2 is 2.23 bits per heavy atom. The van der Waals surface area contributed by atoms with Crippen molar-refractivity contribution in [1.29, 1.82) is 0 Å². The summed E-state index contributed by atoms with van der Waals surface area (Å²) < 4.78 is 11.2. The molecule has 120 valence electrons. The zero-order chi connectivity index (χ0) is 15.6. The van der Waals surface area contributed by atoms with Gasteiger partial charge in [0.15, 0.2) is 0 Å². The van der Waals surface area contributed by atoms with Crippen LogP contribution in [0.15, 0.2) is 24.3 Å². The van der Waals surface area contributed by atoms with E-state index in [9.17, 15) is 9.90 Å². The number of nitrogens with zero attached hydrogens (tertiary/aromatic N) is 1. The molecular weight excluding hydrogens is 282 g/mol. The molecule has 0 aliphatic carbocycles. The van der Waals surface area contributed by atoms with E-state index in [2.05, 4.69) is 0 Å². The van der Waals surface area contributed by atoms with Crippen LogP contribution >= 0.6 is 0 Å². The van der Waals surface area contributed by atoms with E-state index in [1.165, 1.54) is 0 Å². The van der Waals surface area contributed by atoms with E-state index < -0.39 is 0 Å². The van der Waals surface area contributed by atoms with Crippen molar-refractivity contribution in [2.24, 2.45) is 5.92 Å². The molecule has 0 bridgehead atoms. The van der Waals surface area contributed by atoms with Gasteiger partial charge in [-0.25, -0.2) is 0 Å². The Labute approximate surface area is 130 Å². The van der Waals surface area contributed by atoms with Crippen molar-refractivity contribution in [3.63, 3.8) is 0 Å². The number of likely N-dealkylation sites (tertiary alicyclic amines) is 1. The largest absolute Gasteiger partial charge is 0.508 e. The molecule has 1 amide bonds. The SMILES string of the molecule is COCC[C@@H]1CO[C@@]2(CCN(C(=O)c3ccc(O)cc3)C2)C1. The Balaban J connectivity index is 1.60. The summed E-state index contributed by atoms with van der Waals surface area (Å²) in [5, 5.41) is 9.32.